The summed E-state index contributed by atoms with van der Waals surface area (Å²) in [6.07, 6.45) is 7.16. The van der Waals surface area contributed by atoms with Crippen LogP contribution >= 0.6 is 0 Å². The summed E-state index contributed by atoms with van der Waals surface area (Å²) in [5.74, 6) is 0.855. The molecule has 0 bridgehead atoms. The number of nitrogens with zero attached hydrogens (tertiary/aromatic N) is 1. The summed E-state index contributed by atoms with van der Waals surface area (Å²) in [4.78, 5) is 2.58. The van der Waals surface area contributed by atoms with E-state index in [9.17, 15) is 0 Å². The maximum atomic E-state index is 2.58. The third-order valence-corrected chi connectivity index (χ3v) is 9.87. The molecule has 5 aromatic rings. The van der Waals surface area contributed by atoms with Gasteiger partial charge in [-0.15, -0.1) is 0 Å². The predicted molar refractivity (Wildman–Crippen MR) is 175 cm³/mol. The van der Waals surface area contributed by atoms with Crippen LogP contribution in [0.4, 0.5) is 11.4 Å². The molecule has 0 saturated heterocycles. The number of fused-ring (bicyclic) bond motifs is 4. The van der Waals surface area contributed by atoms with Crippen LogP contribution in [0.5, 0.6) is 0 Å². The first-order valence-corrected chi connectivity index (χ1v) is 15.1. The van der Waals surface area contributed by atoms with E-state index in [2.05, 4.69) is 141 Å². The molecule has 0 N–H and O–H groups in total. The van der Waals surface area contributed by atoms with Crippen molar-refractivity contribution >= 4 is 34.3 Å². The van der Waals surface area contributed by atoms with Gasteiger partial charge in [-0.2, -0.15) is 0 Å². The summed E-state index contributed by atoms with van der Waals surface area (Å²) < 4.78 is 0. The molecule has 5 aromatic carbocycles. The highest BCUT2D eigenvalue weighted by atomic mass is 15.2. The van der Waals surface area contributed by atoms with Gasteiger partial charge in [-0.25, -0.2) is 0 Å². The van der Waals surface area contributed by atoms with E-state index in [1.54, 1.807) is 0 Å². The number of benzene rings is 5. The minimum Gasteiger partial charge on any atom is -0.338 e. The van der Waals surface area contributed by atoms with E-state index in [0.717, 1.165) is 12.8 Å². The average Bonchev–Trinajstić information content (AvgIpc) is 3.62. The molecule has 0 fully saturated rings. The van der Waals surface area contributed by atoms with Gasteiger partial charge in [0.2, 0.25) is 0 Å². The molecule has 2 aliphatic carbocycles. The summed E-state index contributed by atoms with van der Waals surface area (Å²) in [5.41, 5.74) is 15.6. The predicted octanol–water partition coefficient (Wildman–Crippen LogP) is 10.7. The quantitative estimate of drug-likeness (QED) is 0.224. The van der Waals surface area contributed by atoms with Crippen LogP contribution in [0.3, 0.4) is 0 Å². The molecule has 3 aliphatic rings. The van der Waals surface area contributed by atoms with Crippen LogP contribution in [0, 0.1) is 0 Å². The molecule has 1 nitrogen and oxygen atoms in total. The second-order valence-corrected chi connectivity index (χ2v) is 12.3. The molecule has 8 rings (SSSR count). The smallest absolute Gasteiger partial charge is 0.0490 e. The van der Waals surface area contributed by atoms with Crippen LogP contribution in [-0.4, -0.2) is 6.04 Å². The first-order chi connectivity index (χ1) is 20.1. The highest BCUT2D eigenvalue weighted by Gasteiger charge is 2.35. The van der Waals surface area contributed by atoms with Gasteiger partial charge in [0, 0.05) is 34.8 Å². The van der Waals surface area contributed by atoms with E-state index in [1.807, 2.05) is 0 Å². The number of hydrogen-bond donors (Lipinski definition) is 0. The standard InChI is InChI=1S/C40H35N/c1-25-21-37-32(31-15-8-13-28-11-4-6-14-30(28)31)16-9-17-33(37)35(25)24-36-26(2)22-38-34(36)18-10-20-40(38)41-27(3)23-29-12-5-7-19-39(29)41/h4-22,27,35-36H,23-24H2,1-3H3. The number of hydrogen-bond acceptors (Lipinski definition) is 1. The molecule has 1 heterocycles. The Labute approximate surface area is 243 Å². The summed E-state index contributed by atoms with van der Waals surface area (Å²) >= 11 is 0. The van der Waals surface area contributed by atoms with Gasteiger partial charge in [-0.3, -0.25) is 0 Å². The normalized spacial score (nSPS) is 20.6. The summed E-state index contributed by atoms with van der Waals surface area (Å²) in [7, 11) is 0. The lowest BCUT2D eigenvalue weighted by molar-refractivity contribution is 0.642. The summed E-state index contributed by atoms with van der Waals surface area (Å²) in [5, 5.41) is 2.62. The van der Waals surface area contributed by atoms with Crippen molar-refractivity contribution in [2.24, 2.45) is 0 Å². The molecule has 1 aliphatic heterocycles. The highest BCUT2D eigenvalue weighted by molar-refractivity contribution is 5.99. The Morgan fingerprint density at radius 2 is 1.22 bits per heavy atom. The maximum Gasteiger partial charge on any atom is 0.0490 e. The molecule has 0 radical (unpaired) electrons. The lowest BCUT2D eigenvalue weighted by Gasteiger charge is -2.28. The minimum absolute atomic E-state index is 0.425. The molecule has 41 heavy (non-hydrogen) atoms. The fraction of sp³-hybridized carbons (Fsp3) is 0.200. The zero-order valence-corrected chi connectivity index (χ0v) is 24.1. The monoisotopic (exact) mass is 529 g/mol. The molecule has 1 heteroatoms. The van der Waals surface area contributed by atoms with Crippen molar-refractivity contribution < 1.29 is 0 Å². The lowest BCUT2D eigenvalue weighted by atomic mass is 9.81. The zero-order valence-electron chi connectivity index (χ0n) is 24.1. The van der Waals surface area contributed by atoms with E-state index >= 15 is 0 Å². The SMILES string of the molecule is CC1=Cc2c(-c3cccc4ccccc34)cccc2C1CC1C(C)=Cc2c1cccc2N1c2ccccc2CC1C. The first kappa shape index (κ1) is 24.4. The van der Waals surface area contributed by atoms with Gasteiger partial charge < -0.3 is 4.90 Å². The number of rotatable bonds is 4. The largest absolute Gasteiger partial charge is 0.338 e. The highest BCUT2D eigenvalue weighted by Crippen LogP contribution is 2.52. The van der Waals surface area contributed by atoms with Crippen LogP contribution in [0.1, 0.15) is 66.8 Å². The Morgan fingerprint density at radius 3 is 2.07 bits per heavy atom. The number of para-hydroxylation sites is 1. The third-order valence-electron chi connectivity index (χ3n) is 9.87. The van der Waals surface area contributed by atoms with E-state index in [-0.39, 0.29) is 0 Å². The second kappa shape index (κ2) is 9.35. The van der Waals surface area contributed by atoms with Crippen molar-refractivity contribution in [3.8, 4) is 11.1 Å². The minimum atomic E-state index is 0.425. The molecule has 0 aromatic heterocycles. The maximum absolute atomic E-state index is 2.58. The number of anilines is 2. The van der Waals surface area contributed by atoms with Crippen molar-refractivity contribution in [2.45, 2.75) is 51.5 Å². The summed E-state index contributed by atoms with van der Waals surface area (Å²) in [6, 6.07) is 38.8. The fourth-order valence-corrected chi connectivity index (χ4v) is 7.93. The Kier molecular flexibility index (Phi) is 5.57. The van der Waals surface area contributed by atoms with Crippen LogP contribution < -0.4 is 4.90 Å². The molecular formula is C40H35N. The van der Waals surface area contributed by atoms with Gasteiger partial charge in [0.25, 0.3) is 0 Å². The van der Waals surface area contributed by atoms with E-state index in [4.69, 9.17) is 0 Å². The molecule has 200 valence electrons. The molecule has 0 saturated carbocycles. The van der Waals surface area contributed by atoms with Crippen molar-refractivity contribution in [3.05, 3.63) is 142 Å². The van der Waals surface area contributed by atoms with Crippen LogP contribution in [-0.2, 0) is 6.42 Å². The van der Waals surface area contributed by atoms with E-state index < -0.39 is 0 Å². The van der Waals surface area contributed by atoms with Crippen LogP contribution in [0.2, 0.25) is 0 Å². The van der Waals surface area contributed by atoms with Gasteiger partial charge in [-0.1, -0.05) is 114 Å². The fourth-order valence-electron chi connectivity index (χ4n) is 7.93. The Morgan fingerprint density at radius 1 is 0.610 bits per heavy atom. The van der Waals surface area contributed by atoms with Crippen molar-refractivity contribution in [1.29, 1.82) is 0 Å². The molecule has 3 unspecified atom stereocenters. The Hall–Kier alpha value is -4.36. The van der Waals surface area contributed by atoms with E-state index in [1.165, 1.54) is 72.2 Å². The summed E-state index contributed by atoms with van der Waals surface area (Å²) in [6.45, 7) is 7.04. The van der Waals surface area contributed by atoms with Gasteiger partial charge in [0.1, 0.15) is 0 Å². The number of allylic oxidation sites excluding steroid dienone is 2. The van der Waals surface area contributed by atoms with Crippen LogP contribution in [0.25, 0.3) is 34.1 Å². The molecular weight excluding hydrogens is 494 g/mol. The van der Waals surface area contributed by atoms with Crippen LogP contribution in [0.15, 0.2) is 114 Å². The first-order valence-electron chi connectivity index (χ1n) is 15.1. The third kappa shape index (κ3) is 3.75. The molecule has 0 spiro atoms. The van der Waals surface area contributed by atoms with Gasteiger partial charge in [-0.05, 0) is 89.9 Å². The lowest BCUT2D eigenvalue weighted by Crippen LogP contribution is -2.24. The van der Waals surface area contributed by atoms with Gasteiger partial charge in [0.05, 0.1) is 0 Å². The Bertz CT molecular complexity index is 1900. The topological polar surface area (TPSA) is 3.24 Å². The Balaban J connectivity index is 1.17. The molecule has 3 atom stereocenters. The second-order valence-electron chi connectivity index (χ2n) is 12.3. The van der Waals surface area contributed by atoms with Crippen molar-refractivity contribution in [2.75, 3.05) is 4.90 Å². The zero-order chi connectivity index (χ0) is 27.7. The van der Waals surface area contributed by atoms with E-state index in [0.29, 0.717) is 17.9 Å². The van der Waals surface area contributed by atoms with Crippen molar-refractivity contribution in [1.82, 2.24) is 0 Å². The molecule has 0 amide bonds. The average molecular weight is 530 g/mol. The van der Waals surface area contributed by atoms with Crippen molar-refractivity contribution in [3.63, 3.8) is 0 Å². The van der Waals surface area contributed by atoms with Gasteiger partial charge in [0.15, 0.2) is 0 Å². The van der Waals surface area contributed by atoms with Gasteiger partial charge >= 0.3 is 0 Å².